The molecule has 0 aliphatic rings. The standard InChI is InChI=1S/C25H22BrN3O5/c1-2-33-21-11-8-17(9-12-21)24(31)27-16-23(30)29-28-15-19-14-20(26)10-13-22(19)34-25(32)18-6-4-3-5-7-18/h3-15H,2,16H2,1H3,(H,27,31)(H,29,30). The van der Waals surface area contributed by atoms with E-state index in [0.717, 1.165) is 4.47 Å². The van der Waals surface area contributed by atoms with Crippen molar-refractivity contribution in [3.05, 3.63) is 94.0 Å². The number of rotatable bonds is 9. The molecule has 3 aromatic rings. The van der Waals surface area contributed by atoms with Crippen LogP contribution in [0.15, 0.2) is 82.4 Å². The van der Waals surface area contributed by atoms with E-state index in [1.807, 2.05) is 6.92 Å². The van der Waals surface area contributed by atoms with Crippen LogP contribution in [0.2, 0.25) is 0 Å². The van der Waals surface area contributed by atoms with Crippen LogP contribution in [0, 0.1) is 0 Å². The maximum atomic E-state index is 12.4. The van der Waals surface area contributed by atoms with Gasteiger partial charge < -0.3 is 14.8 Å². The third-order valence-corrected chi connectivity index (χ3v) is 4.91. The maximum absolute atomic E-state index is 12.4. The summed E-state index contributed by atoms with van der Waals surface area (Å²) < 4.78 is 11.5. The van der Waals surface area contributed by atoms with E-state index >= 15 is 0 Å². The number of hydrogen-bond acceptors (Lipinski definition) is 6. The molecule has 3 aromatic carbocycles. The molecule has 174 valence electrons. The van der Waals surface area contributed by atoms with Crippen molar-refractivity contribution in [3.63, 3.8) is 0 Å². The van der Waals surface area contributed by atoms with E-state index < -0.39 is 17.8 Å². The first-order valence-electron chi connectivity index (χ1n) is 10.4. The van der Waals surface area contributed by atoms with E-state index in [1.54, 1.807) is 72.8 Å². The van der Waals surface area contributed by atoms with Crippen molar-refractivity contribution in [2.45, 2.75) is 6.92 Å². The van der Waals surface area contributed by atoms with E-state index in [2.05, 4.69) is 31.8 Å². The lowest BCUT2D eigenvalue weighted by molar-refractivity contribution is -0.120. The first-order valence-corrected chi connectivity index (χ1v) is 11.2. The number of carbonyl (C=O) groups excluding carboxylic acids is 3. The Kier molecular flexibility index (Phi) is 8.93. The number of amides is 2. The molecule has 0 aromatic heterocycles. The lowest BCUT2D eigenvalue weighted by Crippen LogP contribution is -2.34. The lowest BCUT2D eigenvalue weighted by atomic mass is 10.2. The zero-order valence-electron chi connectivity index (χ0n) is 18.3. The van der Waals surface area contributed by atoms with Crippen molar-refractivity contribution in [2.24, 2.45) is 5.10 Å². The van der Waals surface area contributed by atoms with Gasteiger partial charge in [0, 0.05) is 15.6 Å². The minimum atomic E-state index is -0.520. The summed E-state index contributed by atoms with van der Waals surface area (Å²) in [6.07, 6.45) is 1.35. The second kappa shape index (κ2) is 12.3. The van der Waals surface area contributed by atoms with Gasteiger partial charge in [0.2, 0.25) is 0 Å². The summed E-state index contributed by atoms with van der Waals surface area (Å²) in [7, 11) is 0. The van der Waals surface area contributed by atoms with Crippen LogP contribution in [0.25, 0.3) is 0 Å². The molecule has 0 saturated heterocycles. The van der Waals surface area contributed by atoms with Gasteiger partial charge in [0.25, 0.3) is 11.8 Å². The Bertz CT molecular complexity index is 1180. The molecule has 3 rings (SSSR count). The Morgan fingerprint density at radius 1 is 0.971 bits per heavy atom. The largest absolute Gasteiger partial charge is 0.494 e. The quantitative estimate of drug-likeness (QED) is 0.191. The molecule has 2 N–H and O–H groups in total. The van der Waals surface area contributed by atoms with Gasteiger partial charge >= 0.3 is 5.97 Å². The third-order valence-electron chi connectivity index (χ3n) is 4.41. The molecular formula is C25H22BrN3O5. The molecule has 0 aliphatic heterocycles. The highest BCUT2D eigenvalue weighted by molar-refractivity contribution is 9.10. The number of carbonyl (C=O) groups is 3. The predicted octanol–water partition coefficient (Wildman–Crippen LogP) is 3.95. The van der Waals surface area contributed by atoms with E-state index in [4.69, 9.17) is 9.47 Å². The van der Waals surface area contributed by atoms with Crippen molar-refractivity contribution in [1.29, 1.82) is 0 Å². The summed E-state index contributed by atoms with van der Waals surface area (Å²) in [5.41, 5.74) is 3.61. The van der Waals surface area contributed by atoms with Crippen molar-refractivity contribution in [1.82, 2.24) is 10.7 Å². The SMILES string of the molecule is CCOc1ccc(C(=O)NCC(=O)NN=Cc2cc(Br)ccc2OC(=O)c2ccccc2)cc1. The van der Waals surface area contributed by atoms with Gasteiger partial charge in [0.15, 0.2) is 0 Å². The van der Waals surface area contributed by atoms with Gasteiger partial charge in [-0.05, 0) is 61.5 Å². The zero-order valence-corrected chi connectivity index (χ0v) is 19.9. The summed E-state index contributed by atoms with van der Waals surface area (Å²) in [4.78, 5) is 36.6. The molecule has 9 heteroatoms. The first-order chi connectivity index (χ1) is 16.5. The molecule has 8 nitrogen and oxygen atoms in total. The van der Waals surface area contributed by atoms with E-state index in [-0.39, 0.29) is 12.3 Å². The molecular weight excluding hydrogens is 502 g/mol. The molecule has 0 spiro atoms. The number of esters is 1. The first kappa shape index (κ1) is 24.7. The molecule has 0 bridgehead atoms. The third kappa shape index (κ3) is 7.28. The summed E-state index contributed by atoms with van der Waals surface area (Å²) in [6.45, 7) is 2.14. The fourth-order valence-electron chi connectivity index (χ4n) is 2.79. The van der Waals surface area contributed by atoms with Crippen molar-refractivity contribution in [2.75, 3.05) is 13.2 Å². The Labute approximate surface area is 205 Å². The minimum Gasteiger partial charge on any atom is -0.494 e. The second-order valence-corrected chi connectivity index (χ2v) is 7.79. The number of hydrogen-bond donors (Lipinski definition) is 2. The van der Waals surface area contributed by atoms with Crippen LogP contribution < -0.4 is 20.2 Å². The van der Waals surface area contributed by atoms with E-state index in [1.165, 1.54) is 6.21 Å². The Hall–Kier alpha value is -3.98. The van der Waals surface area contributed by atoms with E-state index in [0.29, 0.717) is 29.0 Å². The Balaban J connectivity index is 1.55. The van der Waals surface area contributed by atoms with E-state index in [9.17, 15) is 14.4 Å². The monoisotopic (exact) mass is 523 g/mol. The van der Waals surface area contributed by atoms with Crippen LogP contribution in [0.4, 0.5) is 0 Å². The zero-order chi connectivity index (χ0) is 24.3. The summed E-state index contributed by atoms with van der Waals surface area (Å²) in [6, 6.07) is 20.2. The number of ether oxygens (including phenoxy) is 2. The smallest absolute Gasteiger partial charge is 0.343 e. The van der Waals surface area contributed by atoms with Crippen LogP contribution in [0.5, 0.6) is 11.5 Å². The number of nitrogens with one attached hydrogen (secondary N) is 2. The predicted molar refractivity (Wildman–Crippen MR) is 131 cm³/mol. The van der Waals surface area contributed by atoms with Gasteiger partial charge in [-0.1, -0.05) is 34.1 Å². The number of hydrazone groups is 1. The minimum absolute atomic E-state index is 0.266. The Morgan fingerprint density at radius 2 is 1.71 bits per heavy atom. The molecule has 0 fully saturated rings. The fraction of sp³-hybridized carbons (Fsp3) is 0.120. The molecule has 0 atom stereocenters. The highest BCUT2D eigenvalue weighted by Crippen LogP contribution is 2.23. The molecule has 0 unspecified atom stereocenters. The summed E-state index contributed by atoms with van der Waals surface area (Å²) >= 11 is 3.36. The normalized spacial score (nSPS) is 10.5. The van der Waals surface area contributed by atoms with Gasteiger partial charge in [-0.15, -0.1) is 0 Å². The van der Waals surface area contributed by atoms with Gasteiger partial charge in [-0.25, -0.2) is 10.2 Å². The molecule has 34 heavy (non-hydrogen) atoms. The number of halogens is 1. The van der Waals surface area contributed by atoms with Gasteiger partial charge in [-0.2, -0.15) is 5.10 Å². The topological polar surface area (TPSA) is 106 Å². The Morgan fingerprint density at radius 3 is 2.41 bits per heavy atom. The van der Waals surface area contributed by atoms with Crippen molar-refractivity contribution >= 4 is 39.9 Å². The molecule has 2 amide bonds. The molecule has 0 aliphatic carbocycles. The second-order valence-electron chi connectivity index (χ2n) is 6.87. The lowest BCUT2D eigenvalue weighted by Gasteiger charge is -2.08. The van der Waals surface area contributed by atoms with Gasteiger partial charge in [0.05, 0.1) is 24.9 Å². The van der Waals surface area contributed by atoms with Crippen LogP contribution in [0.3, 0.4) is 0 Å². The average molecular weight is 524 g/mol. The number of nitrogens with zero attached hydrogens (tertiary/aromatic N) is 1. The van der Waals surface area contributed by atoms with Crippen LogP contribution in [-0.2, 0) is 4.79 Å². The van der Waals surface area contributed by atoms with Crippen LogP contribution in [-0.4, -0.2) is 37.1 Å². The average Bonchev–Trinajstić information content (AvgIpc) is 2.85. The summed E-state index contributed by atoms with van der Waals surface area (Å²) in [5.74, 6) is -0.498. The van der Waals surface area contributed by atoms with Crippen LogP contribution in [0.1, 0.15) is 33.2 Å². The van der Waals surface area contributed by atoms with Crippen molar-refractivity contribution < 1.29 is 23.9 Å². The van der Waals surface area contributed by atoms with Crippen LogP contribution >= 0.6 is 15.9 Å². The highest BCUT2D eigenvalue weighted by atomic mass is 79.9. The maximum Gasteiger partial charge on any atom is 0.343 e. The van der Waals surface area contributed by atoms with Gasteiger partial charge in [-0.3, -0.25) is 9.59 Å². The fourth-order valence-corrected chi connectivity index (χ4v) is 3.17. The van der Waals surface area contributed by atoms with Gasteiger partial charge in [0.1, 0.15) is 11.5 Å². The molecule has 0 heterocycles. The molecule has 0 radical (unpaired) electrons. The summed E-state index contributed by atoms with van der Waals surface area (Å²) in [5, 5.41) is 6.42. The number of benzene rings is 3. The molecule has 0 saturated carbocycles. The van der Waals surface area contributed by atoms with Crippen molar-refractivity contribution in [3.8, 4) is 11.5 Å². The highest BCUT2D eigenvalue weighted by Gasteiger charge is 2.12.